The van der Waals surface area contributed by atoms with Gasteiger partial charge in [-0.1, -0.05) is 26.2 Å². The van der Waals surface area contributed by atoms with Crippen LogP contribution in [-0.4, -0.2) is 11.7 Å². The van der Waals surface area contributed by atoms with Gasteiger partial charge in [-0.25, -0.2) is 0 Å². The van der Waals surface area contributed by atoms with Gasteiger partial charge in [0, 0.05) is 6.61 Å². The maximum Gasteiger partial charge on any atom is 0.0431 e. The van der Waals surface area contributed by atoms with Crippen molar-refractivity contribution >= 4 is 0 Å². The highest BCUT2D eigenvalue weighted by molar-refractivity contribution is 4.35. The van der Waals surface area contributed by atoms with Crippen LogP contribution < -0.4 is 0 Å². The predicted octanol–water partition coefficient (Wildman–Crippen LogP) is 1.56. The highest BCUT2D eigenvalue weighted by Crippen LogP contribution is 1.95. The van der Waals surface area contributed by atoms with Crippen molar-refractivity contribution < 1.29 is 5.11 Å². The van der Waals surface area contributed by atoms with Gasteiger partial charge in [-0.2, -0.15) is 0 Å². The summed E-state index contributed by atoms with van der Waals surface area (Å²) in [6.07, 6.45) is 4.68. The Bertz CT molecular complexity index is 23.4. The Balaban J connectivity index is 2.45. The molecule has 7 heavy (non-hydrogen) atoms. The number of hydrogen-bond donors (Lipinski definition) is 1. The molecule has 0 rings (SSSR count). The van der Waals surface area contributed by atoms with Crippen molar-refractivity contribution in [2.75, 3.05) is 6.61 Å². The molecule has 0 bridgehead atoms. The lowest BCUT2D eigenvalue weighted by Crippen LogP contribution is -1.80. The molecular formula is C6H14O. The lowest BCUT2D eigenvalue weighted by molar-refractivity contribution is 0.283. The average molecular weight is 104 g/mol. The minimum Gasteiger partial charge on any atom is -0.396 e. The second kappa shape index (κ2) is 5.96. The number of hydrogen-bond acceptors (Lipinski definition) is 1. The molecule has 0 atom stereocenters. The zero-order valence-electron chi connectivity index (χ0n) is 4.98. The Kier molecular flexibility index (Phi) is 5.93. The van der Waals surface area contributed by atoms with E-state index in [0.29, 0.717) is 6.61 Å². The number of rotatable bonds is 4. The number of unbranched alkanes of at least 4 members (excludes halogenated alkanes) is 3. The lowest BCUT2D eigenvalue weighted by atomic mass is 10.3. The molecule has 0 saturated heterocycles. The largest absolute Gasteiger partial charge is 0.396 e. The molecule has 1 nitrogen and oxygen atoms in total. The van der Waals surface area contributed by atoms with Gasteiger partial charge in [-0.05, 0) is 6.42 Å². The Hall–Kier alpha value is -0.0400. The SMILES string of the molecule is CCCCC[14CH2]O. The first-order chi connectivity index (χ1) is 3.41. The predicted molar refractivity (Wildman–Crippen MR) is 31.2 cm³/mol. The van der Waals surface area contributed by atoms with Crippen molar-refractivity contribution in [2.24, 2.45) is 0 Å². The van der Waals surface area contributed by atoms with Crippen LogP contribution in [0.3, 0.4) is 0 Å². The number of aliphatic hydroxyl groups is 1. The van der Waals surface area contributed by atoms with E-state index in [4.69, 9.17) is 5.11 Å². The molecule has 0 aliphatic heterocycles. The zero-order chi connectivity index (χ0) is 5.54. The summed E-state index contributed by atoms with van der Waals surface area (Å²) >= 11 is 0. The van der Waals surface area contributed by atoms with Crippen LogP contribution in [0.25, 0.3) is 0 Å². The highest BCUT2D eigenvalue weighted by Gasteiger charge is 1.80. The molecular weight excluding hydrogens is 90.1 g/mol. The van der Waals surface area contributed by atoms with Crippen LogP contribution in [0.1, 0.15) is 32.6 Å². The monoisotopic (exact) mass is 104 g/mol. The van der Waals surface area contributed by atoms with Gasteiger partial charge < -0.3 is 5.11 Å². The van der Waals surface area contributed by atoms with Crippen molar-refractivity contribution in [3.8, 4) is 0 Å². The first-order valence-electron chi connectivity index (χ1n) is 3.02. The third-order valence-electron chi connectivity index (χ3n) is 1.01. The van der Waals surface area contributed by atoms with Crippen LogP contribution >= 0.6 is 0 Å². The quantitative estimate of drug-likeness (QED) is 0.536. The summed E-state index contributed by atoms with van der Waals surface area (Å²) in [6.45, 7) is 2.53. The van der Waals surface area contributed by atoms with E-state index in [-0.39, 0.29) is 0 Å². The van der Waals surface area contributed by atoms with Crippen molar-refractivity contribution in [3.05, 3.63) is 0 Å². The molecule has 0 fully saturated rings. The summed E-state index contributed by atoms with van der Waals surface area (Å²) in [4.78, 5) is 0. The fourth-order valence-electron chi connectivity index (χ4n) is 0.539. The van der Waals surface area contributed by atoms with Gasteiger partial charge in [0.05, 0.1) is 0 Å². The maximum atomic E-state index is 8.29. The maximum absolute atomic E-state index is 8.29. The summed E-state index contributed by atoms with van der Waals surface area (Å²) < 4.78 is 0. The third kappa shape index (κ3) is 5.96. The summed E-state index contributed by atoms with van der Waals surface area (Å²) in [5.74, 6) is 0. The Morgan fingerprint density at radius 2 is 2.14 bits per heavy atom. The van der Waals surface area contributed by atoms with Crippen molar-refractivity contribution in [2.45, 2.75) is 32.6 Å². The average Bonchev–Trinajstić information content (AvgIpc) is 1.69. The van der Waals surface area contributed by atoms with E-state index in [0.717, 1.165) is 6.42 Å². The molecule has 0 aromatic heterocycles. The molecule has 0 amide bonds. The van der Waals surface area contributed by atoms with Gasteiger partial charge in [-0.15, -0.1) is 0 Å². The van der Waals surface area contributed by atoms with Crippen LogP contribution in [0.5, 0.6) is 0 Å². The lowest BCUT2D eigenvalue weighted by Gasteiger charge is -1.90. The first kappa shape index (κ1) is 6.96. The molecule has 0 saturated carbocycles. The molecule has 0 aromatic carbocycles. The molecule has 0 unspecified atom stereocenters. The highest BCUT2D eigenvalue weighted by atomic mass is 16.5. The van der Waals surface area contributed by atoms with E-state index < -0.39 is 0 Å². The molecule has 1 N–H and O–H groups in total. The van der Waals surface area contributed by atoms with Gasteiger partial charge >= 0.3 is 0 Å². The molecule has 0 heterocycles. The fraction of sp³-hybridized carbons (Fsp3) is 1.00. The summed E-state index contributed by atoms with van der Waals surface area (Å²) in [6, 6.07) is 0. The fourth-order valence-corrected chi connectivity index (χ4v) is 0.539. The minimum absolute atomic E-state index is 0.361. The topological polar surface area (TPSA) is 20.2 Å². The van der Waals surface area contributed by atoms with Gasteiger partial charge in [0.25, 0.3) is 0 Å². The molecule has 44 valence electrons. The second-order valence-electron chi connectivity index (χ2n) is 1.78. The second-order valence-corrected chi connectivity index (χ2v) is 1.78. The van der Waals surface area contributed by atoms with Gasteiger partial charge in [0.1, 0.15) is 0 Å². The van der Waals surface area contributed by atoms with Gasteiger partial charge in [0.15, 0.2) is 0 Å². The van der Waals surface area contributed by atoms with E-state index in [1.807, 2.05) is 0 Å². The Labute approximate surface area is 45.4 Å². The summed E-state index contributed by atoms with van der Waals surface area (Å²) in [7, 11) is 0. The summed E-state index contributed by atoms with van der Waals surface area (Å²) in [5, 5.41) is 8.29. The van der Waals surface area contributed by atoms with Crippen LogP contribution in [0.15, 0.2) is 0 Å². The molecule has 0 radical (unpaired) electrons. The Morgan fingerprint density at radius 1 is 1.43 bits per heavy atom. The van der Waals surface area contributed by atoms with Crippen molar-refractivity contribution in [1.29, 1.82) is 0 Å². The molecule has 0 spiro atoms. The van der Waals surface area contributed by atoms with E-state index in [2.05, 4.69) is 6.92 Å². The van der Waals surface area contributed by atoms with Gasteiger partial charge in [0.2, 0.25) is 0 Å². The standard InChI is InChI=1S/C6H14O/c1-2-3-4-5-6-7/h7H,2-6H2,1H3/i6+2. The first-order valence-corrected chi connectivity index (χ1v) is 3.02. The molecule has 0 aromatic rings. The third-order valence-corrected chi connectivity index (χ3v) is 1.01. The van der Waals surface area contributed by atoms with E-state index >= 15 is 0 Å². The molecule has 0 aliphatic rings. The minimum atomic E-state index is 0.361. The van der Waals surface area contributed by atoms with Crippen LogP contribution in [0, 0.1) is 0 Å². The molecule has 0 aliphatic carbocycles. The van der Waals surface area contributed by atoms with Crippen LogP contribution in [0.2, 0.25) is 0 Å². The van der Waals surface area contributed by atoms with Gasteiger partial charge in [-0.3, -0.25) is 0 Å². The zero-order valence-corrected chi connectivity index (χ0v) is 4.98. The summed E-state index contributed by atoms with van der Waals surface area (Å²) in [5.41, 5.74) is 0. The smallest absolute Gasteiger partial charge is 0.0431 e. The normalized spacial score (nSPS) is 9.43. The van der Waals surface area contributed by atoms with E-state index in [1.165, 1.54) is 19.3 Å². The number of aliphatic hydroxyl groups excluding tert-OH is 1. The Morgan fingerprint density at radius 3 is 2.57 bits per heavy atom. The van der Waals surface area contributed by atoms with E-state index in [1.54, 1.807) is 0 Å². The van der Waals surface area contributed by atoms with Crippen LogP contribution in [0.4, 0.5) is 0 Å². The van der Waals surface area contributed by atoms with Crippen LogP contribution in [-0.2, 0) is 0 Å². The van der Waals surface area contributed by atoms with Crippen molar-refractivity contribution in [1.82, 2.24) is 0 Å². The molecule has 1 heteroatoms. The van der Waals surface area contributed by atoms with E-state index in [9.17, 15) is 0 Å². The van der Waals surface area contributed by atoms with Crippen molar-refractivity contribution in [3.63, 3.8) is 0 Å².